The van der Waals surface area contributed by atoms with E-state index in [-0.39, 0.29) is 49.0 Å². The van der Waals surface area contributed by atoms with Crippen molar-refractivity contribution >= 4 is 54.5 Å². The summed E-state index contributed by atoms with van der Waals surface area (Å²) in [4.78, 5) is 21.9. The van der Waals surface area contributed by atoms with Crippen LogP contribution in [0.2, 0.25) is 0 Å². The van der Waals surface area contributed by atoms with Crippen LogP contribution in [-0.2, 0) is 11.3 Å². The van der Waals surface area contributed by atoms with E-state index in [0.29, 0.717) is 6.54 Å². The molecule has 0 radical (unpaired) electrons. The first-order valence-corrected chi connectivity index (χ1v) is 7.54. The summed E-state index contributed by atoms with van der Waals surface area (Å²) in [6, 6.07) is 0. The Hall–Kier alpha value is -0.110. The first-order valence-electron chi connectivity index (χ1n) is 6.72. The van der Waals surface area contributed by atoms with Crippen molar-refractivity contribution in [3.8, 4) is 0 Å². The summed E-state index contributed by atoms with van der Waals surface area (Å²) in [5.41, 5.74) is 5.55. The van der Waals surface area contributed by atoms with Crippen LogP contribution < -0.4 is 5.73 Å². The van der Waals surface area contributed by atoms with E-state index in [4.69, 9.17) is 5.73 Å². The first kappa shape index (κ1) is 24.1. The van der Waals surface area contributed by atoms with E-state index in [9.17, 15) is 4.79 Å². The number of piperazine rings is 1. The molecule has 9 heteroatoms. The molecule has 1 unspecified atom stereocenters. The average molecular weight is 392 g/mol. The highest BCUT2D eigenvalue weighted by molar-refractivity contribution is 7.11. The number of aromatic nitrogens is 1. The van der Waals surface area contributed by atoms with Gasteiger partial charge >= 0.3 is 0 Å². The number of halogens is 3. The molecule has 0 bridgehead atoms. The molecule has 1 saturated heterocycles. The second kappa shape index (κ2) is 11.4. The zero-order chi connectivity index (χ0) is 13.8. The smallest absolute Gasteiger partial charge is 0.226 e. The van der Waals surface area contributed by atoms with Crippen LogP contribution in [-0.4, -0.2) is 53.4 Å². The van der Waals surface area contributed by atoms with E-state index in [0.717, 1.165) is 37.7 Å². The highest BCUT2D eigenvalue weighted by atomic mass is 35.5. The summed E-state index contributed by atoms with van der Waals surface area (Å²) in [6.45, 7) is 8.77. The zero-order valence-electron chi connectivity index (χ0n) is 12.9. The van der Waals surface area contributed by atoms with E-state index in [1.165, 1.54) is 4.88 Å². The van der Waals surface area contributed by atoms with Gasteiger partial charge in [-0.05, 0) is 6.92 Å². The second-order valence-electron chi connectivity index (χ2n) is 5.08. The Morgan fingerprint density at radius 1 is 1.32 bits per heavy atom. The molecule has 2 heterocycles. The third-order valence-electron chi connectivity index (χ3n) is 3.51. The number of thiazole rings is 1. The molecule has 1 atom stereocenters. The van der Waals surface area contributed by atoms with Crippen molar-refractivity contribution in [2.75, 3.05) is 32.7 Å². The summed E-state index contributed by atoms with van der Waals surface area (Å²) in [6.07, 6.45) is 1.95. The van der Waals surface area contributed by atoms with E-state index in [1.54, 1.807) is 11.3 Å². The molecule has 130 valence electrons. The number of carbonyl (C=O) groups excluding carboxylic acids is 1. The molecule has 0 saturated carbocycles. The van der Waals surface area contributed by atoms with Crippen LogP contribution in [0.15, 0.2) is 6.20 Å². The van der Waals surface area contributed by atoms with Crippen molar-refractivity contribution in [1.29, 1.82) is 0 Å². The number of nitrogens with zero attached hydrogens (tertiary/aromatic N) is 3. The van der Waals surface area contributed by atoms with Crippen molar-refractivity contribution in [3.05, 3.63) is 16.1 Å². The van der Waals surface area contributed by atoms with Crippen molar-refractivity contribution in [2.45, 2.75) is 20.4 Å². The monoisotopic (exact) mass is 390 g/mol. The summed E-state index contributed by atoms with van der Waals surface area (Å²) in [5, 5.41) is 1.11. The third kappa shape index (κ3) is 6.56. The summed E-state index contributed by atoms with van der Waals surface area (Å²) in [7, 11) is 0. The van der Waals surface area contributed by atoms with Gasteiger partial charge in [-0.2, -0.15) is 0 Å². The van der Waals surface area contributed by atoms with Gasteiger partial charge in [0.2, 0.25) is 5.91 Å². The Bertz CT molecular complexity index is 439. The quantitative estimate of drug-likeness (QED) is 0.852. The van der Waals surface area contributed by atoms with E-state index in [2.05, 4.69) is 9.88 Å². The number of amides is 1. The number of hydrogen-bond donors (Lipinski definition) is 1. The van der Waals surface area contributed by atoms with Gasteiger partial charge in [-0.1, -0.05) is 6.92 Å². The van der Waals surface area contributed by atoms with E-state index >= 15 is 0 Å². The number of aryl methyl sites for hydroxylation is 1. The Balaban J connectivity index is 0. The van der Waals surface area contributed by atoms with Crippen LogP contribution in [0, 0.1) is 12.8 Å². The molecule has 1 aliphatic heterocycles. The summed E-state index contributed by atoms with van der Waals surface area (Å²) in [5.74, 6) is 0.131. The fourth-order valence-electron chi connectivity index (χ4n) is 2.24. The largest absolute Gasteiger partial charge is 0.340 e. The number of nitrogens with two attached hydrogens (primary N) is 1. The van der Waals surface area contributed by atoms with Crippen LogP contribution in [0.25, 0.3) is 0 Å². The minimum atomic E-state index is -0.0595. The van der Waals surface area contributed by atoms with Crippen molar-refractivity contribution in [2.24, 2.45) is 11.7 Å². The first-order chi connectivity index (χ1) is 9.10. The predicted molar refractivity (Wildman–Crippen MR) is 98.7 cm³/mol. The number of rotatable bonds is 4. The minimum Gasteiger partial charge on any atom is -0.340 e. The molecule has 1 aromatic rings. The maximum atomic E-state index is 12.0. The van der Waals surface area contributed by atoms with Gasteiger partial charge in [0.15, 0.2) is 0 Å². The highest BCUT2D eigenvalue weighted by Gasteiger charge is 2.24. The van der Waals surface area contributed by atoms with Gasteiger partial charge in [0.1, 0.15) is 0 Å². The Morgan fingerprint density at radius 2 is 1.91 bits per heavy atom. The van der Waals surface area contributed by atoms with Crippen LogP contribution >= 0.6 is 48.6 Å². The van der Waals surface area contributed by atoms with Gasteiger partial charge in [-0.15, -0.1) is 48.6 Å². The van der Waals surface area contributed by atoms with Crippen LogP contribution in [0.1, 0.15) is 16.8 Å². The molecule has 1 fully saturated rings. The number of hydrogen-bond acceptors (Lipinski definition) is 5. The lowest BCUT2D eigenvalue weighted by molar-refractivity contribution is -0.136. The maximum absolute atomic E-state index is 12.0. The highest BCUT2D eigenvalue weighted by Crippen LogP contribution is 2.16. The Labute approximate surface area is 154 Å². The SMILES string of the molecule is Cc1ncc(CN2CCN(C(=O)C(C)CN)CC2)s1.Cl.Cl.Cl. The molecular weight excluding hydrogens is 367 g/mol. The Morgan fingerprint density at radius 3 is 2.36 bits per heavy atom. The topological polar surface area (TPSA) is 62.5 Å². The second-order valence-corrected chi connectivity index (χ2v) is 6.40. The van der Waals surface area contributed by atoms with Gasteiger partial charge in [-0.3, -0.25) is 9.69 Å². The van der Waals surface area contributed by atoms with Gasteiger partial charge in [0.25, 0.3) is 0 Å². The molecular formula is C13H25Cl3N4OS. The molecule has 0 aliphatic carbocycles. The lowest BCUT2D eigenvalue weighted by Crippen LogP contribution is -2.50. The molecule has 5 nitrogen and oxygen atoms in total. The molecule has 0 spiro atoms. The van der Waals surface area contributed by atoms with E-state index < -0.39 is 0 Å². The average Bonchev–Trinajstić information content (AvgIpc) is 2.83. The van der Waals surface area contributed by atoms with Crippen LogP contribution in [0.3, 0.4) is 0 Å². The number of carbonyl (C=O) groups is 1. The van der Waals surface area contributed by atoms with E-state index in [1.807, 2.05) is 24.9 Å². The molecule has 1 aliphatic rings. The fourth-order valence-corrected chi connectivity index (χ4v) is 3.08. The summed E-state index contributed by atoms with van der Waals surface area (Å²) < 4.78 is 0. The lowest BCUT2D eigenvalue weighted by Gasteiger charge is -2.35. The molecule has 22 heavy (non-hydrogen) atoms. The molecule has 2 rings (SSSR count). The van der Waals surface area contributed by atoms with Gasteiger partial charge in [-0.25, -0.2) is 4.98 Å². The Kier molecular flexibility index (Phi) is 12.5. The summed E-state index contributed by atoms with van der Waals surface area (Å²) >= 11 is 1.75. The van der Waals surface area contributed by atoms with Crippen molar-refractivity contribution in [1.82, 2.24) is 14.8 Å². The third-order valence-corrected chi connectivity index (χ3v) is 4.41. The van der Waals surface area contributed by atoms with Crippen molar-refractivity contribution in [3.63, 3.8) is 0 Å². The van der Waals surface area contributed by atoms with Crippen LogP contribution in [0.4, 0.5) is 0 Å². The lowest BCUT2D eigenvalue weighted by atomic mass is 10.1. The van der Waals surface area contributed by atoms with Gasteiger partial charge in [0.05, 0.1) is 5.01 Å². The van der Waals surface area contributed by atoms with Gasteiger partial charge < -0.3 is 10.6 Å². The zero-order valence-corrected chi connectivity index (χ0v) is 16.1. The fraction of sp³-hybridized carbons (Fsp3) is 0.692. The molecule has 2 N–H and O–H groups in total. The van der Waals surface area contributed by atoms with Crippen molar-refractivity contribution < 1.29 is 4.79 Å². The van der Waals surface area contributed by atoms with Crippen LogP contribution in [0.5, 0.6) is 0 Å². The molecule has 0 aromatic carbocycles. The normalized spacial score (nSPS) is 16.0. The standard InChI is InChI=1S/C13H22N4OS.3ClH/c1-10(7-14)13(18)17-5-3-16(4-6-17)9-12-8-15-11(2)19-12;;;/h8,10H,3-7,9,14H2,1-2H3;3*1H. The minimum absolute atomic E-state index is 0. The predicted octanol–water partition coefficient (Wildman–Crippen LogP) is 1.96. The maximum Gasteiger partial charge on any atom is 0.226 e. The molecule has 1 aromatic heterocycles. The van der Waals surface area contributed by atoms with Gasteiger partial charge in [0, 0.05) is 56.3 Å². The molecule has 1 amide bonds.